The van der Waals surface area contributed by atoms with Gasteiger partial charge in [0.05, 0.1) is 7.11 Å². The van der Waals surface area contributed by atoms with E-state index in [9.17, 15) is 9.59 Å². The lowest BCUT2D eigenvalue weighted by molar-refractivity contribution is 0.0690. The minimum Gasteiger partial charge on any atom is -0.491 e. The maximum Gasteiger partial charge on any atom is 0.352 e. The van der Waals surface area contributed by atoms with E-state index in [0.29, 0.717) is 0 Å². The van der Waals surface area contributed by atoms with Gasteiger partial charge in [-0.05, 0) is 12.1 Å². The Hall–Kier alpha value is -1.78. The van der Waals surface area contributed by atoms with Crippen LogP contribution in [0.4, 0.5) is 0 Å². The van der Waals surface area contributed by atoms with Gasteiger partial charge in [0.25, 0.3) is 5.56 Å². The molecule has 64 valence electrons. The van der Waals surface area contributed by atoms with Gasteiger partial charge in [0.2, 0.25) is 0 Å². The number of H-pyrrole nitrogens is 1. The van der Waals surface area contributed by atoms with E-state index in [0.717, 1.165) is 0 Å². The number of ether oxygens (including phenoxy) is 1. The van der Waals surface area contributed by atoms with Crippen molar-refractivity contribution in [3.63, 3.8) is 0 Å². The number of hydrogen-bond donors (Lipinski definition) is 2. The van der Waals surface area contributed by atoms with E-state index >= 15 is 0 Å². The van der Waals surface area contributed by atoms with Crippen molar-refractivity contribution >= 4 is 5.97 Å². The Balaban J connectivity index is 3.19. The van der Waals surface area contributed by atoms with Crippen LogP contribution in [0.1, 0.15) is 10.5 Å². The first-order valence-electron chi connectivity index (χ1n) is 3.15. The Bertz CT molecular complexity index is 355. The minimum atomic E-state index is -1.17. The molecule has 1 aromatic heterocycles. The normalized spacial score (nSPS) is 9.42. The van der Waals surface area contributed by atoms with Crippen molar-refractivity contribution in [3.05, 3.63) is 28.2 Å². The Morgan fingerprint density at radius 3 is 2.67 bits per heavy atom. The summed E-state index contributed by atoms with van der Waals surface area (Å²) < 4.78 is 4.64. The van der Waals surface area contributed by atoms with Gasteiger partial charge in [-0.3, -0.25) is 4.79 Å². The summed E-state index contributed by atoms with van der Waals surface area (Å²) in [7, 11) is 1.34. The molecule has 1 aromatic rings. The number of carbonyl (C=O) groups is 1. The predicted octanol–water partition coefficient (Wildman–Crippen LogP) is 0.0817. The van der Waals surface area contributed by atoms with E-state index in [4.69, 9.17) is 5.11 Å². The number of carboxylic acids is 1. The van der Waals surface area contributed by atoms with Crippen LogP contribution in [0.2, 0.25) is 0 Å². The van der Waals surface area contributed by atoms with Gasteiger partial charge in [0.1, 0.15) is 5.69 Å². The fourth-order valence-corrected chi connectivity index (χ4v) is 0.746. The molecule has 0 radical (unpaired) electrons. The first kappa shape index (κ1) is 8.32. The zero-order valence-corrected chi connectivity index (χ0v) is 6.33. The lowest BCUT2D eigenvalue weighted by Crippen LogP contribution is -2.13. The molecule has 0 saturated heterocycles. The number of methoxy groups -OCH3 is 1. The van der Waals surface area contributed by atoms with E-state index in [2.05, 4.69) is 9.72 Å². The fourth-order valence-electron chi connectivity index (χ4n) is 0.746. The molecule has 2 N–H and O–H groups in total. The smallest absolute Gasteiger partial charge is 0.352 e. The molecule has 0 fully saturated rings. The monoisotopic (exact) mass is 169 g/mol. The van der Waals surface area contributed by atoms with Crippen LogP contribution >= 0.6 is 0 Å². The molecular formula is C7H7NO4. The SMILES string of the molecule is COc1ccc(C(=O)O)[nH]c1=O. The summed E-state index contributed by atoms with van der Waals surface area (Å²) in [6, 6.07) is 2.57. The molecule has 0 atom stereocenters. The highest BCUT2D eigenvalue weighted by molar-refractivity contribution is 5.85. The van der Waals surface area contributed by atoms with Crippen LogP contribution in [-0.2, 0) is 0 Å². The lowest BCUT2D eigenvalue weighted by atomic mass is 10.3. The van der Waals surface area contributed by atoms with Crippen LogP contribution in [0.3, 0.4) is 0 Å². The summed E-state index contributed by atoms with van der Waals surface area (Å²) in [6.45, 7) is 0. The Morgan fingerprint density at radius 1 is 1.58 bits per heavy atom. The van der Waals surface area contributed by atoms with Crippen molar-refractivity contribution in [2.24, 2.45) is 0 Å². The van der Waals surface area contributed by atoms with Crippen molar-refractivity contribution in [2.45, 2.75) is 0 Å². The minimum absolute atomic E-state index is 0.0972. The van der Waals surface area contributed by atoms with Gasteiger partial charge in [0, 0.05) is 0 Å². The molecule has 1 rings (SSSR count). The van der Waals surface area contributed by atoms with E-state index < -0.39 is 11.5 Å². The van der Waals surface area contributed by atoms with Gasteiger partial charge in [-0.15, -0.1) is 0 Å². The largest absolute Gasteiger partial charge is 0.491 e. The second-order valence-electron chi connectivity index (χ2n) is 2.07. The van der Waals surface area contributed by atoms with Gasteiger partial charge in [0.15, 0.2) is 5.75 Å². The Kier molecular flexibility index (Phi) is 2.14. The summed E-state index contributed by atoms with van der Waals surface area (Å²) in [6.07, 6.45) is 0. The molecule has 12 heavy (non-hydrogen) atoms. The van der Waals surface area contributed by atoms with Crippen LogP contribution in [0, 0.1) is 0 Å². The predicted molar refractivity (Wildman–Crippen MR) is 40.6 cm³/mol. The maximum absolute atomic E-state index is 10.9. The average Bonchev–Trinajstić information content (AvgIpc) is 2.04. The quantitative estimate of drug-likeness (QED) is 0.657. The number of nitrogens with one attached hydrogen (secondary N) is 1. The average molecular weight is 169 g/mol. The van der Waals surface area contributed by atoms with Crippen LogP contribution in [-0.4, -0.2) is 23.2 Å². The van der Waals surface area contributed by atoms with Gasteiger partial charge in [-0.1, -0.05) is 0 Å². The zero-order valence-electron chi connectivity index (χ0n) is 6.33. The third-order valence-corrected chi connectivity index (χ3v) is 1.32. The zero-order chi connectivity index (χ0) is 9.14. The molecule has 0 aromatic carbocycles. The second kappa shape index (κ2) is 3.08. The number of aromatic carboxylic acids is 1. The molecule has 0 amide bonds. The molecule has 5 heteroatoms. The third-order valence-electron chi connectivity index (χ3n) is 1.32. The highest BCUT2D eigenvalue weighted by Crippen LogP contribution is 2.01. The highest BCUT2D eigenvalue weighted by Gasteiger charge is 2.05. The summed E-state index contributed by atoms with van der Waals surface area (Å²) in [4.78, 5) is 23.4. The number of carboxylic acid groups (broad SMARTS) is 1. The Labute approximate surface area is 67.6 Å². The Morgan fingerprint density at radius 2 is 2.25 bits per heavy atom. The molecule has 0 spiro atoms. The van der Waals surface area contributed by atoms with Crippen molar-refractivity contribution in [2.75, 3.05) is 7.11 Å². The van der Waals surface area contributed by atoms with Gasteiger partial charge in [-0.2, -0.15) is 0 Å². The first-order chi connectivity index (χ1) is 5.65. The summed E-state index contributed by atoms with van der Waals surface area (Å²) in [5.74, 6) is -1.07. The molecule has 0 aliphatic rings. The van der Waals surface area contributed by atoms with E-state index in [1.807, 2.05) is 0 Å². The molecular weight excluding hydrogens is 162 g/mol. The third kappa shape index (κ3) is 1.45. The van der Waals surface area contributed by atoms with Crippen molar-refractivity contribution in [1.82, 2.24) is 4.98 Å². The van der Waals surface area contributed by atoms with Crippen LogP contribution in [0.25, 0.3) is 0 Å². The van der Waals surface area contributed by atoms with E-state index in [1.54, 1.807) is 0 Å². The number of rotatable bonds is 2. The fraction of sp³-hybridized carbons (Fsp3) is 0.143. The standard InChI is InChI=1S/C7H7NO4/c1-12-5-3-2-4(7(10)11)8-6(5)9/h2-3H,1H3,(H,8,9)(H,10,11). The highest BCUT2D eigenvalue weighted by atomic mass is 16.5. The summed E-state index contributed by atoms with van der Waals surface area (Å²) in [5, 5.41) is 8.46. The maximum atomic E-state index is 10.9. The van der Waals surface area contributed by atoms with Crippen molar-refractivity contribution < 1.29 is 14.6 Å². The molecule has 1 heterocycles. The topological polar surface area (TPSA) is 79.4 Å². The molecule has 5 nitrogen and oxygen atoms in total. The van der Waals surface area contributed by atoms with Gasteiger partial charge >= 0.3 is 5.97 Å². The molecule has 0 unspecified atom stereocenters. The van der Waals surface area contributed by atoms with Crippen molar-refractivity contribution in [3.8, 4) is 5.75 Å². The molecule has 0 bridgehead atoms. The summed E-state index contributed by atoms with van der Waals surface area (Å²) in [5.41, 5.74) is -0.696. The van der Waals surface area contributed by atoms with Gasteiger partial charge in [-0.25, -0.2) is 4.79 Å². The summed E-state index contributed by atoms with van der Waals surface area (Å²) >= 11 is 0. The number of aromatic nitrogens is 1. The van der Waals surface area contributed by atoms with E-state index in [1.165, 1.54) is 19.2 Å². The van der Waals surface area contributed by atoms with E-state index in [-0.39, 0.29) is 11.4 Å². The molecule has 0 saturated carbocycles. The van der Waals surface area contributed by atoms with Crippen molar-refractivity contribution in [1.29, 1.82) is 0 Å². The first-order valence-corrected chi connectivity index (χ1v) is 3.15. The van der Waals surface area contributed by atoms with Crippen LogP contribution in [0.15, 0.2) is 16.9 Å². The van der Waals surface area contributed by atoms with Crippen LogP contribution < -0.4 is 10.3 Å². The second-order valence-corrected chi connectivity index (χ2v) is 2.07. The molecule has 0 aliphatic carbocycles. The van der Waals surface area contributed by atoms with Crippen LogP contribution in [0.5, 0.6) is 5.75 Å². The van der Waals surface area contributed by atoms with Gasteiger partial charge < -0.3 is 14.8 Å². The lowest BCUT2D eigenvalue weighted by Gasteiger charge is -1.97. The number of hydrogen-bond acceptors (Lipinski definition) is 3. The molecule has 0 aliphatic heterocycles. The number of pyridine rings is 1. The number of aromatic amines is 1.